The molecule has 0 spiro atoms. The molecule has 4 aromatic rings. The molecule has 0 saturated heterocycles. The van der Waals surface area contributed by atoms with Crippen LogP contribution in [-0.4, -0.2) is 15.4 Å². The molecular weight excluding hydrogens is 367 g/mol. The largest absolute Gasteiger partial charge is 0.456 e. The Kier molecular flexibility index (Phi) is 4.52. The van der Waals surface area contributed by atoms with E-state index in [0.717, 1.165) is 16.3 Å². The van der Waals surface area contributed by atoms with Gasteiger partial charge < -0.3 is 4.74 Å². The molecule has 0 aliphatic rings. The van der Waals surface area contributed by atoms with Gasteiger partial charge in [-0.25, -0.2) is 14.2 Å². The number of carbonyl (C=O) groups is 1. The molecule has 0 amide bonds. The number of hydrogen-bond donors (Lipinski definition) is 0. The first kappa shape index (κ1) is 17.1. The monoisotopic (exact) mass is 380 g/mol. The second kappa shape index (κ2) is 7.13. The van der Waals surface area contributed by atoms with Crippen molar-refractivity contribution in [2.45, 2.75) is 6.61 Å². The minimum absolute atomic E-state index is 0.138. The van der Waals surface area contributed by atoms with Crippen molar-refractivity contribution in [3.63, 3.8) is 0 Å². The molecule has 134 valence electrons. The van der Waals surface area contributed by atoms with E-state index < -0.39 is 11.8 Å². The number of fused-ring (bicyclic) bond motifs is 3. The van der Waals surface area contributed by atoms with Crippen LogP contribution in [0.5, 0.6) is 0 Å². The molecule has 0 saturated carbocycles. The van der Waals surface area contributed by atoms with E-state index in [1.807, 2.05) is 24.3 Å². The topological polar surface area (TPSA) is 60.7 Å². The highest BCUT2D eigenvalue weighted by Gasteiger charge is 2.10. The molecule has 2 aromatic heterocycles. The molecular formula is C20H13FN2O3S. The molecule has 0 atom stereocenters. The predicted octanol–water partition coefficient (Wildman–Crippen LogP) is 3.80. The lowest BCUT2D eigenvalue weighted by Gasteiger charge is -2.02. The Morgan fingerprint density at radius 1 is 1.19 bits per heavy atom. The van der Waals surface area contributed by atoms with E-state index in [1.54, 1.807) is 18.2 Å². The fourth-order valence-electron chi connectivity index (χ4n) is 2.66. The van der Waals surface area contributed by atoms with Crippen LogP contribution in [0.1, 0.15) is 11.3 Å². The molecule has 0 radical (unpaired) electrons. The van der Waals surface area contributed by atoms with E-state index in [9.17, 15) is 14.0 Å². The average molecular weight is 380 g/mol. The van der Waals surface area contributed by atoms with Gasteiger partial charge in [0.2, 0.25) is 0 Å². The number of ether oxygens (including phenoxy) is 1. The molecule has 0 unspecified atom stereocenters. The van der Waals surface area contributed by atoms with Crippen molar-refractivity contribution >= 4 is 38.6 Å². The van der Waals surface area contributed by atoms with Crippen molar-refractivity contribution in [2.75, 3.05) is 0 Å². The third kappa shape index (κ3) is 3.50. The number of nitrogens with zero attached hydrogens (tertiary/aromatic N) is 2. The molecule has 0 N–H and O–H groups in total. The first-order chi connectivity index (χ1) is 13.1. The van der Waals surface area contributed by atoms with Crippen molar-refractivity contribution in [2.24, 2.45) is 0 Å². The first-order valence-electron chi connectivity index (χ1n) is 8.11. The summed E-state index contributed by atoms with van der Waals surface area (Å²) in [6.07, 6.45) is 2.48. The highest BCUT2D eigenvalue weighted by molar-refractivity contribution is 7.23. The summed E-state index contributed by atoms with van der Waals surface area (Å²) in [7, 11) is 0. The first-order valence-corrected chi connectivity index (χ1v) is 8.93. The Balaban J connectivity index is 1.52. The number of esters is 1. The molecule has 7 heteroatoms. The van der Waals surface area contributed by atoms with Crippen LogP contribution in [0.3, 0.4) is 0 Å². The Labute approximate surface area is 157 Å². The summed E-state index contributed by atoms with van der Waals surface area (Å²) >= 11 is 1.39. The minimum atomic E-state index is -0.642. The Morgan fingerprint density at radius 2 is 1.96 bits per heavy atom. The average Bonchev–Trinajstić information content (AvgIpc) is 3.04. The van der Waals surface area contributed by atoms with Gasteiger partial charge >= 0.3 is 5.97 Å². The van der Waals surface area contributed by atoms with E-state index in [1.165, 1.54) is 33.9 Å². The van der Waals surface area contributed by atoms with Crippen molar-refractivity contribution in [3.8, 4) is 0 Å². The van der Waals surface area contributed by atoms with Gasteiger partial charge in [0, 0.05) is 17.7 Å². The summed E-state index contributed by atoms with van der Waals surface area (Å²) in [5.74, 6) is -1.07. The summed E-state index contributed by atoms with van der Waals surface area (Å²) in [6, 6.07) is 15.0. The lowest BCUT2D eigenvalue weighted by molar-refractivity contribution is -0.139. The number of halogens is 1. The third-order valence-corrected chi connectivity index (χ3v) is 4.94. The predicted molar refractivity (Wildman–Crippen MR) is 102 cm³/mol. The maximum atomic E-state index is 13.5. The smallest absolute Gasteiger partial charge is 0.331 e. The van der Waals surface area contributed by atoms with Crippen LogP contribution in [0.4, 0.5) is 4.39 Å². The zero-order chi connectivity index (χ0) is 18.8. The molecule has 0 fully saturated rings. The van der Waals surface area contributed by atoms with Gasteiger partial charge in [-0.3, -0.25) is 9.20 Å². The number of hydrogen-bond acceptors (Lipinski definition) is 5. The van der Waals surface area contributed by atoms with Crippen LogP contribution >= 0.6 is 11.3 Å². The number of aromatic nitrogens is 2. The second-order valence-electron chi connectivity index (χ2n) is 5.74. The molecule has 0 aliphatic carbocycles. The van der Waals surface area contributed by atoms with E-state index in [0.29, 0.717) is 10.7 Å². The van der Waals surface area contributed by atoms with Gasteiger partial charge in [0.25, 0.3) is 5.56 Å². The number of carbonyl (C=O) groups excluding carboxylic acids is 1. The zero-order valence-corrected chi connectivity index (χ0v) is 14.8. The summed E-state index contributed by atoms with van der Waals surface area (Å²) in [6.45, 7) is -0.138. The summed E-state index contributed by atoms with van der Waals surface area (Å²) in [4.78, 5) is 29.2. The third-order valence-electron chi connectivity index (χ3n) is 3.91. The van der Waals surface area contributed by atoms with Crippen LogP contribution in [-0.2, 0) is 16.1 Å². The second-order valence-corrected chi connectivity index (χ2v) is 6.75. The highest BCUT2D eigenvalue weighted by atomic mass is 32.1. The zero-order valence-electron chi connectivity index (χ0n) is 14.0. The SMILES string of the molecule is O=C(/C=C/c1ccccc1F)OCc1cc(=O)n2c(n1)sc1ccccc12. The standard InChI is InChI=1S/C20H13FN2O3S/c21-15-6-2-1-5-13(15)9-10-19(25)26-12-14-11-18(24)23-16-7-3-4-8-17(16)27-20(23)22-14/h1-11H,12H2/b10-9+. The minimum Gasteiger partial charge on any atom is -0.456 e. The van der Waals surface area contributed by atoms with Crippen LogP contribution in [0.2, 0.25) is 0 Å². The Morgan fingerprint density at radius 3 is 2.81 bits per heavy atom. The van der Waals surface area contributed by atoms with E-state index >= 15 is 0 Å². The van der Waals surface area contributed by atoms with Crippen LogP contribution in [0, 0.1) is 5.82 Å². The summed E-state index contributed by atoms with van der Waals surface area (Å²) < 4.78 is 21.1. The van der Waals surface area contributed by atoms with Crippen LogP contribution < -0.4 is 5.56 Å². The molecule has 2 aromatic carbocycles. The van der Waals surface area contributed by atoms with E-state index in [4.69, 9.17) is 4.74 Å². The molecule has 0 aliphatic heterocycles. The van der Waals surface area contributed by atoms with Gasteiger partial charge in [0.05, 0.1) is 15.9 Å². The Hall–Kier alpha value is -3.32. The number of rotatable bonds is 4. The molecule has 27 heavy (non-hydrogen) atoms. The van der Waals surface area contributed by atoms with Gasteiger partial charge in [-0.2, -0.15) is 0 Å². The normalized spacial score (nSPS) is 11.4. The van der Waals surface area contributed by atoms with Gasteiger partial charge in [-0.05, 0) is 24.3 Å². The fourth-order valence-corrected chi connectivity index (χ4v) is 3.71. The van der Waals surface area contributed by atoms with Gasteiger partial charge in [0.15, 0.2) is 4.96 Å². The van der Waals surface area contributed by atoms with Crippen molar-refractivity contribution < 1.29 is 13.9 Å². The molecule has 5 nitrogen and oxygen atoms in total. The summed E-state index contributed by atoms with van der Waals surface area (Å²) in [5.41, 5.74) is 1.22. The fraction of sp³-hybridized carbons (Fsp3) is 0.0500. The summed E-state index contributed by atoms with van der Waals surface area (Å²) in [5, 5.41) is 0. The quantitative estimate of drug-likeness (QED) is 0.399. The van der Waals surface area contributed by atoms with Crippen molar-refractivity contribution in [1.82, 2.24) is 9.38 Å². The highest BCUT2D eigenvalue weighted by Crippen LogP contribution is 2.23. The Bertz CT molecular complexity index is 1240. The van der Waals surface area contributed by atoms with Crippen molar-refractivity contribution in [1.29, 1.82) is 0 Å². The van der Waals surface area contributed by atoms with E-state index in [2.05, 4.69) is 4.98 Å². The van der Waals surface area contributed by atoms with Crippen LogP contribution in [0.25, 0.3) is 21.3 Å². The van der Waals surface area contributed by atoms with Crippen LogP contribution in [0.15, 0.2) is 65.5 Å². The lowest BCUT2D eigenvalue weighted by atomic mass is 10.2. The van der Waals surface area contributed by atoms with Gasteiger partial charge in [-0.15, -0.1) is 0 Å². The number of benzene rings is 2. The lowest BCUT2D eigenvalue weighted by Crippen LogP contribution is -2.15. The van der Waals surface area contributed by atoms with Gasteiger partial charge in [-0.1, -0.05) is 41.7 Å². The molecule has 0 bridgehead atoms. The van der Waals surface area contributed by atoms with Crippen molar-refractivity contribution in [3.05, 3.63) is 88.1 Å². The maximum Gasteiger partial charge on any atom is 0.331 e. The van der Waals surface area contributed by atoms with E-state index in [-0.39, 0.29) is 17.7 Å². The number of para-hydroxylation sites is 1. The molecule has 2 heterocycles. The van der Waals surface area contributed by atoms with Gasteiger partial charge in [0.1, 0.15) is 12.4 Å². The number of thiazole rings is 1. The maximum absolute atomic E-state index is 13.5. The molecule has 4 rings (SSSR count).